The number of hydrogen-bond acceptors (Lipinski definition) is 3. The van der Waals surface area contributed by atoms with Crippen LogP contribution in [0.3, 0.4) is 0 Å². The molecule has 0 radical (unpaired) electrons. The number of nitrogens with zero attached hydrogens (tertiary/aromatic N) is 2. The number of pyridine rings is 1. The van der Waals surface area contributed by atoms with Gasteiger partial charge in [-0.2, -0.15) is 5.26 Å². The van der Waals surface area contributed by atoms with Crippen molar-refractivity contribution in [2.24, 2.45) is 0 Å². The normalized spacial score (nSPS) is 10.2. The Morgan fingerprint density at radius 3 is 3.00 bits per heavy atom. The van der Waals surface area contributed by atoms with Crippen molar-refractivity contribution in [3.8, 4) is 6.07 Å². The molecule has 0 aromatic carbocycles. The molecule has 0 saturated heterocycles. The lowest BCUT2D eigenvalue weighted by molar-refractivity contribution is 1.23. The molecule has 0 aliphatic carbocycles. The molecule has 64 valence electrons. The number of imidazole rings is 1. The lowest BCUT2D eigenvalue weighted by Gasteiger charge is -1.95. The predicted molar refractivity (Wildman–Crippen MR) is 50.7 cm³/mol. The number of fused-ring (bicyclic) bond motifs is 1. The summed E-state index contributed by atoms with van der Waals surface area (Å²) in [6, 6.07) is 2.02. The van der Waals surface area contributed by atoms with E-state index in [9.17, 15) is 0 Å². The average molecular weight is 190 g/mol. The Balaban J connectivity index is 2.95. The second kappa shape index (κ2) is 2.68. The Morgan fingerprint density at radius 2 is 2.31 bits per heavy atom. The molecule has 0 spiro atoms. The van der Waals surface area contributed by atoms with Crippen molar-refractivity contribution in [2.45, 2.75) is 6.92 Å². The molecule has 0 aliphatic rings. The van der Waals surface area contributed by atoms with Gasteiger partial charge in [-0.25, -0.2) is 4.98 Å². The van der Waals surface area contributed by atoms with E-state index in [4.69, 9.17) is 17.5 Å². The molecule has 2 aromatic rings. The maximum absolute atomic E-state index is 8.72. The van der Waals surface area contributed by atoms with Gasteiger partial charge in [0.25, 0.3) is 0 Å². The smallest absolute Gasteiger partial charge is 0.175 e. The van der Waals surface area contributed by atoms with Crippen LogP contribution >= 0.6 is 12.2 Å². The molecule has 5 heteroatoms. The molecule has 13 heavy (non-hydrogen) atoms. The standard InChI is InChI=1S/C8H6N4S/c1-4-5(2-9)10-3-6-7(4)12-8(13)11-6/h3H,1H3,(H2,11,12,13). The quantitative estimate of drug-likeness (QED) is 0.622. The highest BCUT2D eigenvalue weighted by atomic mass is 32.1. The fourth-order valence-electron chi connectivity index (χ4n) is 1.25. The van der Waals surface area contributed by atoms with Crippen molar-refractivity contribution >= 4 is 23.3 Å². The van der Waals surface area contributed by atoms with E-state index in [2.05, 4.69) is 15.0 Å². The first-order valence-electron chi connectivity index (χ1n) is 3.70. The third-order valence-corrected chi connectivity index (χ3v) is 2.12. The SMILES string of the molecule is Cc1c(C#N)ncc2[nH]c(=S)[nH]c12. The van der Waals surface area contributed by atoms with E-state index in [-0.39, 0.29) is 0 Å². The van der Waals surface area contributed by atoms with E-state index in [1.807, 2.05) is 13.0 Å². The van der Waals surface area contributed by atoms with Gasteiger partial charge in [-0.3, -0.25) is 0 Å². The fraction of sp³-hybridized carbons (Fsp3) is 0.125. The summed E-state index contributed by atoms with van der Waals surface area (Å²) >= 11 is 4.93. The van der Waals surface area contributed by atoms with Gasteiger partial charge in [0.1, 0.15) is 11.8 Å². The van der Waals surface area contributed by atoms with E-state index in [0.717, 1.165) is 16.6 Å². The van der Waals surface area contributed by atoms with Crippen molar-refractivity contribution in [1.29, 1.82) is 5.26 Å². The molecule has 0 amide bonds. The molecule has 2 rings (SSSR count). The molecule has 0 atom stereocenters. The van der Waals surface area contributed by atoms with E-state index in [1.165, 1.54) is 0 Å². The number of aryl methyl sites for hydroxylation is 1. The summed E-state index contributed by atoms with van der Waals surface area (Å²) in [6.45, 7) is 1.84. The second-order valence-corrected chi connectivity index (χ2v) is 3.12. The van der Waals surface area contributed by atoms with Crippen molar-refractivity contribution in [3.05, 3.63) is 22.2 Å². The first kappa shape index (κ1) is 7.95. The predicted octanol–water partition coefficient (Wildman–Crippen LogP) is 1.80. The fourth-order valence-corrected chi connectivity index (χ4v) is 1.46. The zero-order valence-electron chi connectivity index (χ0n) is 6.88. The third-order valence-electron chi connectivity index (χ3n) is 1.91. The Bertz CT molecular complexity index is 558. The topological polar surface area (TPSA) is 68.3 Å². The largest absolute Gasteiger partial charge is 0.330 e. The van der Waals surface area contributed by atoms with Crippen molar-refractivity contribution in [3.63, 3.8) is 0 Å². The van der Waals surface area contributed by atoms with Gasteiger partial charge in [0.05, 0.1) is 17.2 Å². The van der Waals surface area contributed by atoms with Crippen molar-refractivity contribution in [1.82, 2.24) is 15.0 Å². The number of hydrogen-bond donors (Lipinski definition) is 2. The Morgan fingerprint density at radius 1 is 1.54 bits per heavy atom. The molecule has 0 bridgehead atoms. The zero-order valence-corrected chi connectivity index (χ0v) is 7.70. The maximum Gasteiger partial charge on any atom is 0.175 e. The molecule has 2 aromatic heterocycles. The summed E-state index contributed by atoms with van der Waals surface area (Å²) in [6.07, 6.45) is 1.60. The lowest BCUT2D eigenvalue weighted by Crippen LogP contribution is -1.88. The minimum atomic E-state index is 0.428. The number of nitriles is 1. The number of H-pyrrole nitrogens is 2. The van der Waals surface area contributed by atoms with Crippen molar-refractivity contribution < 1.29 is 0 Å². The van der Waals surface area contributed by atoms with Crippen LogP contribution in [0.2, 0.25) is 0 Å². The number of rotatable bonds is 0. The van der Waals surface area contributed by atoms with Gasteiger partial charge in [0, 0.05) is 5.56 Å². The summed E-state index contributed by atoms with van der Waals surface area (Å²) < 4.78 is 0.551. The van der Waals surface area contributed by atoms with Crippen LogP contribution in [0.5, 0.6) is 0 Å². The highest BCUT2D eigenvalue weighted by Crippen LogP contribution is 2.15. The van der Waals surface area contributed by atoms with E-state index < -0.39 is 0 Å². The van der Waals surface area contributed by atoms with Gasteiger partial charge in [0.15, 0.2) is 4.77 Å². The highest BCUT2D eigenvalue weighted by molar-refractivity contribution is 7.71. The summed E-state index contributed by atoms with van der Waals surface area (Å²) in [5.74, 6) is 0. The van der Waals surface area contributed by atoms with Crippen LogP contribution in [-0.2, 0) is 0 Å². The lowest BCUT2D eigenvalue weighted by atomic mass is 10.2. The summed E-state index contributed by atoms with van der Waals surface area (Å²) in [7, 11) is 0. The van der Waals surface area contributed by atoms with E-state index >= 15 is 0 Å². The maximum atomic E-state index is 8.72. The molecule has 4 nitrogen and oxygen atoms in total. The van der Waals surface area contributed by atoms with E-state index in [1.54, 1.807) is 6.20 Å². The monoisotopic (exact) mass is 190 g/mol. The molecule has 0 saturated carbocycles. The van der Waals surface area contributed by atoms with Gasteiger partial charge in [-0.15, -0.1) is 0 Å². The number of aromatic nitrogens is 3. The third kappa shape index (κ3) is 1.12. The van der Waals surface area contributed by atoms with Gasteiger partial charge < -0.3 is 9.97 Å². The molecule has 0 fully saturated rings. The molecule has 0 unspecified atom stereocenters. The van der Waals surface area contributed by atoms with Crippen LogP contribution in [0.1, 0.15) is 11.3 Å². The van der Waals surface area contributed by atoms with Gasteiger partial charge >= 0.3 is 0 Å². The summed E-state index contributed by atoms with van der Waals surface area (Å²) in [5, 5.41) is 8.72. The zero-order chi connectivity index (χ0) is 9.42. The Labute approximate surface area is 79.2 Å². The van der Waals surface area contributed by atoms with Crippen LogP contribution in [-0.4, -0.2) is 15.0 Å². The summed E-state index contributed by atoms with van der Waals surface area (Å²) in [4.78, 5) is 9.89. The van der Waals surface area contributed by atoms with E-state index in [0.29, 0.717) is 10.5 Å². The van der Waals surface area contributed by atoms with Crippen LogP contribution in [0, 0.1) is 23.0 Å². The highest BCUT2D eigenvalue weighted by Gasteiger charge is 2.05. The minimum Gasteiger partial charge on any atom is -0.330 e. The first-order chi connectivity index (χ1) is 6.22. The number of aromatic amines is 2. The van der Waals surface area contributed by atoms with Crippen LogP contribution in [0.4, 0.5) is 0 Å². The average Bonchev–Trinajstić information content (AvgIpc) is 2.47. The van der Waals surface area contributed by atoms with Gasteiger partial charge in [-0.1, -0.05) is 0 Å². The van der Waals surface area contributed by atoms with Crippen LogP contribution in [0.25, 0.3) is 11.0 Å². The van der Waals surface area contributed by atoms with Gasteiger partial charge in [-0.05, 0) is 19.1 Å². The van der Waals surface area contributed by atoms with Crippen LogP contribution in [0.15, 0.2) is 6.20 Å². The molecule has 2 N–H and O–H groups in total. The Hall–Kier alpha value is -1.67. The second-order valence-electron chi connectivity index (χ2n) is 2.71. The summed E-state index contributed by atoms with van der Waals surface area (Å²) in [5.41, 5.74) is 2.95. The minimum absolute atomic E-state index is 0.428. The molecule has 0 aliphatic heterocycles. The van der Waals surface area contributed by atoms with Crippen LogP contribution < -0.4 is 0 Å². The molecular formula is C8H6N4S. The molecular weight excluding hydrogens is 184 g/mol. The first-order valence-corrected chi connectivity index (χ1v) is 4.11. The Kier molecular flexibility index (Phi) is 1.64. The van der Waals surface area contributed by atoms with Crippen molar-refractivity contribution in [2.75, 3.05) is 0 Å². The molecule has 2 heterocycles. The number of nitrogens with one attached hydrogen (secondary N) is 2. The van der Waals surface area contributed by atoms with Gasteiger partial charge in [0.2, 0.25) is 0 Å².